The Kier molecular flexibility index (Phi) is 3.61. The third-order valence-corrected chi connectivity index (χ3v) is 3.27. The van der Waals surface area contributed by atoms with Gasteiger partial charge < -0.3 is 25.8 Å². The summed E-state index contributed by atoms with van der Waals surface area (Å²) in [6.07, 6.45) is -1.82. The first-order valence-electron chi connectivity index (χ1n) is 5.83. The number of aliphatic hydroxyl groups is 3. The maximum Gasteiger partial charge on any atom is 0.271 e. The molecule has 4 atom stereocenters. The van der Waals surface area contributed by atoms with Crippen molar-refractivity contribution in [1.82, 2.24) is 9.55 Å². The zero-order valence-electron chi connectivity index (χ0n) is 10.6. The molecule has 1 aromatic rings. The van der Waals surface area contributed by atoms with Gasteiger partial charge in [-0.05, 0) is 6.92 Å². The normalized spacial score (nSPS) is 33.3. The second kappa shape index (κ2) is 4.94. The maximum absolute atomic E-state index is 11.8. The van der Waals surface area contributed by atoms with E-state index in [2.05, 4.69) is 4.98 Å². The summed E-state index contributed by atoms with van der Waals surface area (Å²) >= 11 is 0. The van der Waals surface area contributed by atoms with Crippen LogP contribution >= 0.6 is 0 Å². The van der Waals surface area contributed by atoms with E-state index in [1.807, 2.05) is 0 Å². The second-order valence-electron chi connectivity index (χ2n) is 4.76. The molecule has 0 saturated carbocycles. The van der Waals surface area contributed by atoms with Crippen molar-refractivity contribution < 1.29 is 24.9 Å². The predicted molar refractivity (Wildman–Crippen MR) is 64.6 cm³/mol. The van der Waals surface area contributed by atoms with Crippen LogP contribution in [0.3, 0.4) is 0 Å². The van der Waals surface area contributed by atoms with E-state index in [4.69, 9.17) is 15.6 Å². The average molecular weight is 285 g/mol. The maximum atomic E-state index is 11.8. The molecular formula is C11H15N3O6. The fourth-order valence-electron chi connectivity index (χ4n) is 2.12. The van der Waals surface area contributed by atoms with Crippen LogP contribution in [0, 0.1) is 0 Å². The number of amides is 1. The number of hydrogen-bond acceptors (Lipinski definition) is 7. The van der Waals surface area contributed by atoms with Crippen molar-refractivity contribution in [3.05, 3.63) is 28.4 Å². The number of aromatic nitrogens is 2. The molecule has 110 valence electrons. The van der Waals surface area contributed by atoms with Gasteiger partial charge in [0.2, 0.25) is 0 Å². The van der Waals surface area contributed by atoms with Crippen LogP contribution < -0.4 is 11.3 Å². The zero-order valence-corrected chi connectivity index (χ0v) is 10.6. The Bertz CT molecular complexity index is 584. The summed E-state index contributed by atoms with van der Waals surface area (Å²) < 4.78 is 6.18. The lowest BCUT2D eigenvalue weighted by Gasteiger charge is -2.27. The smallest absolute Gasteiger partial charge is 0.271 e. The third-order valence-electron chi connectivity index (χ3n) is 3.27. The van der Waals surface area contributed by atoms with Gasteiger partial charge >= 0.3 is 0 Å². The van der Waals surface area contributed by atoms with E-state index >= 15 is 0 Å². The molecule has 1 aliphatic heterocycles. The van der Waals surface area contributed by atoms with Gasteiger partial charge in [0.15, 0.2) is 6.23 Å². The molecule has 1 aromatic heterocycles. The molecule has 0 unspecified atom stereocenters. The lowest BCUT2D eigenvalue weighted by molar-refractivity contribution is -0.0983. The Morgan fingerprint density at radius 2 is 2.30 bits per heavy atom. The minimum atomic E-state index is -1.83. The molecule has 0 spiro atoms. The van der Waals surface area contributed by atoms with Gasteiger partial charge in [0.25, 0.3) is 11.5 Å². The lowest BCUT2D eigenvalue weighted by Crippen LogP contribution is -2.46. The first-order valence-corrected chi connectivity index (χ1v) is 5.83. The van der Waals surface area contributed by atoms with Crippen LogP contribution in [0.25, 0.3) is 0 Å². The third kappa shape index (κ3) is 2.20. The van der Waals surface area contributed by atoms with Gasteiger partial charge in [-0.1, -0.05) is 0 Å². The lowest BCUT2D eigenvalue weighted by atomic mass is 9.96. The molecule has 20 heavy (non-hydrogen) atoms. The topological polar surface area (TPSA) is 148 Å². The Labute approximate surface area is 113 Å². The molecule has 0 aromatic carbocycles. The number of nitrogens with zero attached hydrogens (tertiary/aromatic N) is 2. The molecule has 1 aliphatic rings. The summed E-state index contributed by atoms with van der Waals surface area (Å²) in [7, 11) is 0. The highest BCUT2D eigenvalue weighted by atomic mass is 16.6. The van der Waals surface area contributed by atoms with E-state index in [0.29, 0.717) is 0 Å². The molecular weight excluding hydrogens is 270 g/mol. The van der Waals surface area contributed by atoms with Crippen molar-refractivity contribution in [2.45, 2.75) is 31.0 Å². The van der Waals surface area contributed by atoms with Crippen molar-refractivity contribution >= 4 is 5.91 Å². The highest BCUT2D eigenvalue weighted by molar-refractivity contribution is 5.90. The number of ether oxygens (including phenoxy) is 1. The highest BCUT2D eigenvalue weighted by Gasteiger charge is 2.53. The summed E-state index contributed by atoms with van der Waals surface area (Å²) in [4.78, 5) is 26.4. The second-order valence-corrected chi connectivity index (χ2v) is 4.76. The van der Waals surface area contributed by atoms with Crippen LogP contribution in [0.5, 0.6) is 0 Å². The Hall–Kier alpha value is -1.81. The fourth-order valence-corrected chi connectivity index (χ4v) is 2.12. The molecule has 0 aliphatic carbocycles. The van der Waals surface area contributed by atoms with Gasteiger partial charge in [0.1, 0.15) is 23.5 Å². The standard InChI is InChI=1S/C11H15N3O6/c1-11(19)8(17)6(4-15)20-10(11)14-3-5(9(12)18)13-2-7(14)16/h2-3,6,8,10,15,17,19H,4H2,1H3,(H2,12,18)/t6-,8-,10-,11-/m1/s1. The molecule has 5 N–H and O–H groups in total. The number of hydrogen-bond donors (Lipinski definition) is 4. The average Bonchev–Trinajstić information content (AvgIpc) is 2.61. The molecule has 1 fully saturated rings. The summed E-state index contributed by atoms with van der Waals surface area (Å²) in [5, 5.41) is 29.2. The molecule has 9 nitrogen and oxygen atoms in total. The van der Waals surface area contributed by atoms with Crippen LogP contribution in [0.1, 0.15) is 23.6 Å². The van der Waals surface area contributed by atoms with Gasteiger partial charge in [0.05, 0.1) is 12.8 Å². The highest BCUT2D eigenvalue weighted by Crippen LogP contribution is 2.37. The van der Waals surface area contributed by atoms with Crippen molar-refractivity contribution in [2.75, 3.05) is 6.61 Å². The van der Waals surface area contributed by atoms with E-state index in [0.717, 1.165) is 17.0 Å². The van der Waals surface area contributed by atoms with Gasteiger partial charge in [-0.25, -0.2) is 4.98 Å². The van der Waals surface area contributed by atoms with Gasteiger partial charge in [-0.3, -0.25) is 14.2 Å². The van der Waals surface area contributed by atoms with Crippen molar-refractivity contribution in [2.24, 2.45) is 5.73 Å². The van der Waals surface area contributed by atoms with Crippen molar-refractivity contribution in [3.63, 3.8) is 0 Å². The first kappa shape index (κ1) is 14.6. The molecule has 0 radical (unpaired) electrons. The van der Waals surface area contributed by atoms with Crippen LogP contribution in [0.2, 0.25) is 0 Å². The number of carbonyl (C=O) groups is 1. The fraction of sp³-hybridized carbons (Fsp3) is 0.545. The monoisotopic (exact) mass is 285 g/mol. The predicted octanol–water partition coefficient (Wildman–Crippen LogP) is -2.66. The van der Waals surface area contributed by atoms with Gasteiger partial charge in [-0.2, -0.15) is 0 Å². The van der Waals surface area contributed by atoms with Gasteiger partial charge in [0, 0.05) is 6.20 Å². The summed E-state index contributed by atoms with van der Waals surface area (Å²) in [6, 6.07) is 0. The van der Waals surface area contributed by atoms with E-state index in [1.54, 1.807) is 0 Å². The SMILES string of the molecule is C[C@@]1(O)[C@H](O)[C@@H](CO)O[C@H]1n1cc(C(N)=O)ncc1=O. The van der Waals surface area contributed by atoms with E-state index in [-0.39, 0.29) is 5.69 Å². The summed E-state index contributed by atoms with van der Waals surface area (Å²) in [6.45, 7) is 0.727. The van der Waals surface area contributed by atoms with Crippen molar-refractivity contribution in [1.29, 1.82) is 0 Å². The number of nitrogens with two attached hydrogens (primary N) is 1. The summed E-state index contributed by atoms with van der Waals surface area (Å²) in [5.41, 5.74) is 2.41. The molecule has 1 saturated heterocycles. The van der Waals surface area contributed by atoms with Crippen LogP contribution in [0.15, 0.2) is 17.2 Å². The minimum Gasteiger partial charge on any atom is -0.394 e. The van der Waals surface area contributed by atoms with Crippen LogP contribution in [0.4, 0.5) is 0 Å². The van der Waals surface area contributed by atoms with E-state index in [1.165, 1.54) is 6.92 Å². The van der Waals surface area contributed by atoms with Gasteiger partial charge in [-0.15, -0.1) is 0 Å². The van der Waals surface area contributed by atoms with Crippen LogP contribution in [-0.2, 0) is 4.74 Å². The summed E-state index contributed by atoms with van der Waals surface area (Å²) in [5.74, 6) is -0.851. The first-order chi connectivity index (χ1) is 9.28. The molecule has 9 heteroatoms. The number of primary amides is 1. The molecule has 1 amide bonds. The molecule has 0 bridgehead atoms. The number of carbonyl (C=O) groups excluding carboxylic acids is 1. The van der Waals surface area contributed by atoms with E-state index < -0.39 is 42.1 Å². The molecule has 2 heterocycles. The quantitative estimate of drug-likeness (QED) is 0.473. The Morgan fingerprint density at radius 1 is 1.65 bits per heavy atom. The number of aliphatic hydroxyl groups excluding tert-OH is 2. The number of rotatable bonds is 3. The van der Waals surface area contributed by atoms with Crippen molar-refractivity contribution in [3.8, 4) is 0 Å². The zero-order chi connectivity index (χ0) is 15.1. The Balaban J connectivity index is 2.48. The minimum absolute atomic E-state index is 0.189. The molecule has 2 rings (SSSR count). The Morgan fingerprint density at radius 3 is 2.80 bits per heavy atom. The van der Waals surface area contributed by atoms with E-state index in [9.17, 15) is 19.8 Å². The van der Waals surface area contributed by atoms with Crippen LogP contribution in [-0.4, -0.2) is 55.2 Å². The largest absolute Gasteiger partial charge is 0.394 e.